The summed E-state index contributed by atoms with van der Waals surface area (Å²) in [5, 5.41) is 12.2. The fourth-order valence-electron chi connectivity index (χ4n) is 2.65. The van der Waals surface area contributed by atoms with Crippen LogP contribution < -0.4 is 24.3 Å². The van der Waals surface area contributed by atoms with Crippen molar-refractivity contribution in [3.63, 3.8) is 0 Å². The molecule has 1 amide bonds. The topological polar surface area (TPSA) is 89.8 Å². The summed E-state index contributed by atoms with van der Waals surface area (Å²) in [7, 11) is 0. The molecule has 0 saturated carbocycles. The van der Waals surface area contributed by atoms with Gasteiger partial charge in [0, 0.05) is 23.4 Å². The third-order valence-electron chi connectivity index (χ3n) is 3.89. The van der Waals surface area contributed by atoms with Crippen LogP contribution in [0.4, 0.5) is 5.69 Å². The number of nitrogens with one attached hydrogen (secondary N) is 1. The van der Waals surface area contributed by atoms with E-state index in [0.717, 1.165) is 0 Å². The number of carbonyl (C=O) groups is 1. The number of nitriles is 1. The molecule has 0 unspecified atom stereocenters. The summed E-state index contributed by atoms with van der Waals surface area (Å²) in [6.07, 6.45) is 1.49. The van der Waals surface area contributed by atoms with Gasteiger partial charge in [-0.05, 0) is 44.2 Å². The Kier molecular flexibility index (Phi) is 6.02. The predicted octanol–water partition coefficient (Wildman–Crippen LogP) is 3.76. The monoisotopic (exact) mass is 380 g/mol. The van der Waals surface area contributed by atoms with Crippen LogP contribution in [0.5, 0.6) is 23.0 Å². The minimum atomic E-state index is -0.530. The number of amides is 1. The largest absolute Gasteiger partial charge is 0.494 e. The highest BCUT2D eigenvalue weighted by atomic mass is 16.7. The molecule has 0 atom stereocenters. The van der Waals surface area contributed by atoms with E-state index in [1.807, 2.05) is 19.9 Å². The first kappa shape index (κ1) is 19.1. The van der Waals surface area contributed by atoms with Gasteiger partial charge in [-0.2, -0.15) is 5.26 Å². The quantitative estimate of drug-likeness (QED) is 0.581. The van der Waals surface area contributed by atoms with E-state index < -0.39 is 5.91 Å². The van der Waals surface area contributed by atoms with Crippen molar-refractivity contribution in [2.45, 2.75) is 13.8 Å². The second-order valence-corrected chi connectivity index (χ2v) is 5.76. The van der Waals surface area contributed by atoms with E-state index in [-0.39, 0.29) is 12.4 Å². The van der Waals surface area contributed by atoms with E-state index in [4.69, 9.17) is 18.9 Å². The summed E-state index contributed by atoms with van der Waals surface area (Å²) in [6, 6.07) is 12.2. The highest BCUT2D eigenvalue weighted by molar-refractivity contribution is 6.10. The van der Waals surface area contributed by atoms with Crippen LogP contribution in [-0.4, -0.2) is 25.9 Å². The minimum absolute atomic E-state index is 0.0530. The molecular weight excluding hydrogens is 360 g/mol. The highest BCUT2D eigenvalue weighted by Gasteiger charge is 2.16. The van der Waals surface area contributed by atoms with Gasteiger partial charge in [-0.25, -0.2) is 0 Å². The van der Waals surface area contributed by atoms with Crippen molar-refractivity contribution < 1.29 is 23.7 Å². The Balaban J connectivity index is 1.83. The van der Waals surface area contributed by atoms with Crippen LogP contribution in [0.15, 0.2) is 42.0 Å². The summed E-state index contributed by atoms with van der Waals surface area (Å²) in [4.78, 5) is 12.5. The molecule has 0 bridgehead atoms. The van der Waals surface area contributed by atoms with Gasteiger partial charge in [0.1, 0.15) is 23.1 Å². The number of rotatable bonds is 7. The third kappa shape index (κ3) is 4.35. The molecule has 3 rings (SSSR count). The number of carbonyl (C=O) groups excluding carboxylic acids is 1. The molecule has 1 N–H and O–H groups in total. The minimum Gasteiger partial charge on any atom is -0.494 e. The molecule has 0 saturated heterocycles. The van der Waals surface area contributed by atoms with Crippen LogP contribution in [0, 0.1) is 11.3 Å². The number of nitrogens with zero attached hydrogens (tertiary/aromatic N) is 1. The van der Waals surface area contributed by atoms with E-state index in [9.17, 15) is 10.1 Å². The smallest absolute Gasteiger partial charge is 0.266 e. The Morgan fingerprint density at radius 3 is 2.68 bits per heavy atom. The fourth-order valence-corrected chi connectivity index (χ4v) is 2.65. The van der Waals surface area contributed by atoms with Gasteiger partial charge in [-0.3, -0.25) is 4.79 Å². The normalized spacial score (nSPS) is 12.2. The molecule has 2 aromatic rings. The highest BCUT2D eigenvalue weighted by Crippen LogP contribution is 2.34. The van der Waals surface area contributed by atoms with Crippen LogP contribution in [-0.2, 0) is 4.79 Å². The maximum absolute atomic E-state index is 12.5. The molecule has 1 aliphatic rings. The van der Waals surface area contributed by atoms with Gasteiger partial charge in [0.15, 0.2) is 11.5 Å². The first-order valence-electron chi connectivity index (χ1n) is 8.87. The molecular formula is C21H20N2O5. The number of ether oxygens (including phenoxy) is 4. The summed E-state index contributed by atoms with van der Waals surface area (Å²) < 4.78 is 21.6. The van der Waals surface area contributed by atoms with E-state index in [2.05, 4.69) is 5.32 Å². The first-order valence-corrected chi connectivity index (χ1v) is 8.87. The SMILES string of the molecule is CCOc1ccc(C=C(C#N)C(=O)Nc2ccc3c(c2)OCO3)c(OCC)c1. The van der Waals surface area contributed by atoms with Crippen LogP contribution in [0.25, 0.3) is 6.08 Å². The van der Waals surface area contributed by atoms with E-state index in [1.165, 1.54) is 6.08 Å². The Labute approximate surface area is 163 Å². The average molecular weight is 380 g/mol. The molecule has 0 spiro atoms. The van der Waals surface area contributed by atoms with Crippen molar-refractivity contribution in [2.24, 2.45) is 0 Å². The Morgan fingerprint density at radius 2 is 1.93 bits per heavy atom. The zero-order valence-electron chi connectivity index (χ0n) is 15.7. The lowest BCUT2D eigenvalue weighted by Crippen LogP contribution is -2.13. The van der Waals surface area contributed by atoms with Gasteiger partial charge in [0.25, 0.3) is 5.91 Å². The standard InChI is InChI=1S/C21H20N2O5/c1-3-25-17-7-5-14(19(11-17)26-4-2)9-15(12-22)21(24)23-16-6-8-18-20(10-16)28-13-27-18/h5-11H,3-4,13H2,1-2H3,(H,23,24). The molecule has 144 valence electrons. The average Bonchev–Trinajstić information content (AvgIpc) is 3.15. The molecule has 0 fully saturated rings. The molecule has 0 aliphatic carbocycles. The first-order chi connectivity index (χ1) is 13.6. The van der Waals surface area contributed by atoms with Crippen LogP contribution in [0.3, 0.4) is 0 Å². The lowest BCUT2D eigenvalue weighted by molar-refractivity contribution is -0.112. The maximum Gasteiger partial charge on any atom is 0.266 e. The predicted molar refractivity (Wildman–Crippen MR) is 104 cm³/mol. The van der Waals surface area contributed by atoms with Crippen molar-refractivity contribution >= 4 is 17.7 Å². The molecule has 1 aliphatic heterocycles. The van der Waals surface area contributed by atoms with Crippen molar-refractivity contribution in [1.29, 1.82) is 5.26 Å². The van der Waals surface area contributed by atoms with Gasteiger partial charge in [-0.15, -0.1) is 0 Å². The molecule has 2 aromatic carbocycles. The van der Waals surface area contributed by atoms with Crippen LogP contribution in [0.2, 0.25) is 0 Å². The molecule has 0 aromatic heterocycles. The Morgan fingerprint density at radius 1 is 1.14 bits per heavy atom. The second-order valence-electron chi connectivity index (χ2n) is 5.76. The number of anilines is 1. The van der Waals surface area contributed by atoms with E-state index in [0.29, 0.717) is 47.5 Å². The maximum atomic E-state index is 12.5. The van der Waals surface area contributed by atoms with Crippen LogP contribution >= 0.6 is 0 Å². The summed E-state index contributed by atoms with van der Waals surface area (Å²) in [5.41, 5.74) is 1.07. The van der Waals surface area contributed by atoms with Gasteiger partial charge in [0.05, 0.1) is 13.2 Å². The van der Waals surface area contributed by atoms with Gasteiger partial charge < -0.3 is 24.3 Å². The summed E-state index contributed by atoms with van der Waals surface area (Å²) in [5.74, 6) is 1.83. The summed E-state index contributed by atoms with van der Waals surface area (Å²) in [6.45, 7) is 4.87. The van der Waals surface area contributed by atoms with Gasteiger partial charge >= 0.3 is 0 Å². The van der Waals surface area contributed by atoms with Gasteiger partial charge in [0.2, 0.25) is 6.79 Å². The van der Waals surface area contributed by atoms with E-state index in [1.54, 1.807) is 36.4 Å². The zero-order chi connectivity index (χ0) is 19.9. The lowest BCUT2D eigenvalue weighted by atomic mass is 10.1. The fraction of sp³-hybridized carbons (Fsp3) is 0.238. The molecule has 7 heteroatoms. The van der Waals surface area contributed by atoms with Crippen molar-refractivity contribution in [3.8, 4) is 29.1 Å². The Hall–Kier alpha value is -3.66. The molecule has 1 heterocycles. The Bertz CT molecular complexity index is 946. The van der Waals surface area contributed by atoms with Crippen molar-refractivity contribution in [1.82, 2.24) is 0 Å². The number of hydrogen-bond donors (Lipinski definition) is 1. The van der Waals surface area contributed by atoms with Crippen LogP contribution in [0.1, 0.15) is 19.4 Å². The van der Waals surface area contributed by atoms with Crippen molar-refractivity contribution in [2.75, 3.05) is 25.3 Å². The number of hydrogen-bond acceptors (Lipinski definition) is 6. The second kappa shape index (κ2) is 8.82. The molecule has 28 heavy (non-hydrogen) atoms. The van der Waals surface area contributed by atoms with Gasteiger partial charge in [-0.1, -0.05) is 0 Å². The number of benzene rings is 2. The van der Waals surface area contributed by atoms with E-state index >= 15 is 0 Å². The third-order valence-corrected chi connectivity index (χ3v) is 3.89. The lowest BCUT2D eigenvalue weighted by Gasteiger charge is -2.11. The summed E-state index contributed by atoms with van der Waals surface area (Å²) >= 11 is 0. The number of fused-ring (bicyclic) bond motifs is 1. The molecule has 0 radical (unpaired) electrons. The molecule has 7 nitrogen and oxygen atoms in total. The van der Waals surface area contributed by atoms with Crippen molar-refractivity contribution in [3.05, 3.63) is 47.5 Å². The zero-order valence-corrected chi connectivity index (χ0v) is 15.7.